The van der Waals surface area contributed by atoms with Crippen LogP contribution in [0.1, 0.15) is 5.69 Å². The van der Waals surface area contributed by atoms with E-state index in [0.29, 0.717) is 29.5 Å². The number of aryl methyl sites for hydroxylation is 2. The summed E-state index contributed by atoms with van der Waals surface area (Å²) in [4.78, 5) is 18.0. The van der Waals surface area contributed by atoms with Crippen LogP contribution in [0.25, 0.3) is 32.8 Å². The van der Waals surface area contributed by atoms with Crippen LogP contribution in [-0.4, -0.2) is 14.8 Å². The largest absolute Gasteiger partial charge is 0.275 e. The lowest BCUT2D eigenvalue weighted by molar-refractivity contribution is 0.580. The summed E-state index contributed by atoms with van der Waals surface area (Å²) in [7, 11) is 0. The van der Waals surface area contributed by atoms with Crippen LogP contribution in [0.2, 0.25) is 5.02 Å². The van der Waals surface area contributed by atoms with E-state index in [2.05, 4.69) is 10.1 Å². The van der Waals surface area contributed by atoms with Crippen LogP contribution in [0.3, 0.4) is 0 Å². The Bertz CT molecular complexity index is 1500. The van der Waals surface area contributed by atoms with Crippen LogP contribution in [0.15, 0.2) is 83.8 Å². The number of hydrogen-bond acceptors (Lipinski definition) is 3. The summed E-state index contributed by atoms with van der Waals surface area (Å²) in [5.74, 6) is -0.493. The first-order valence-corrected chi connectivity index (χ1v) is 10.3. The van der Waals surface area contributed by atoms with E-state index in [0.717, 1.165) is 22.0 Å². The first kappa shape index (κ1) is 19.4. The summed E-state index contributed by atoms with van der Waals surface area (Å²) in [6.45, 7) is 0.401. The average Bonchev–Trinajstić information content (AvgIpc) is 2.80. The molecule has 5 rings (SSSR count). The lowest BCUT2D eigenvalue weighted by atomic mass is 10.00. The van der Waals surface area contributed by atoms with E-state index in [1.165, 1.54) is 16.8 Å². The van der Waals surface area contributed by atoms with Gasteiger partial charge in [-0.1, -0.05) is 60.1 Å². The van der Waals surface area contributed by atoms with Gasteiger partial charge in [0.05, 0.1) is 28.7 Å². The van der Waals surface area contributed by atoms with Gasteiger partial charge in [0, 0.05) is 22.9 Å². The van der Waals surface area contributed by atoms with Crippen LogP contribution in [0.5, 0.6) is 0 Å². The van der Waals surface area contributed by atoms with E-state index in [1.807, 2.05) is 54.6 Å². The maximum absolute atomic E-state index is 13.6. The Morgan fingerprint density at radius 2 is 1.77 bits per heavy atom. The van der Waals surface area contributed by atoms with Gasteiger partial charge in [0.2, 0.25) is 0 Å². The van der Waals surface area contributed by atoms with Gasteiger partial charge in [-0.2, -0.15) is 5.10 Å². The van der Waals surface area contributed by atoms with Gasteiger partial charge < -0.3 is 0 Å². The SMILES string of the molecule is O=c1c2c(-c3ccc(F)c(Cl)c3)cccc2cnn1CCc1ccc2ccccc2n1. The number of nitrogens with zero attached hydrogens (tertiary/aromatic N) is 3. The van der Waals surface area contributed by atoms with Crippen molar-refractivity contribution in [3.63, 3.8) is 0 Å². The highest BCUT2D eigenvalue weighted by molar-refractivity contribution is 6.31. The van der Waals surface area contributed by atoms with Gasteiger partial charge in [-0.15, -0.1) is 0 Å². The summed E-state index contributed by atoms with van der Waals surface area (Å²) >= 11 is 5.97. The average molecular weight is 430 g/mol. The lowest BCUT2D eigenvalue weighted by Crippen LogP contribution is -2.24. The fourth-order valence-corrected chi connectivity index (χ4v) is 3.94. The third-order valence-corrected chi connectivity index (χ3v) is 5.64. The highest BCUT2D eigenvalue weighted by Crippen LogP contribution is 2.29. The molecule has 0 N–H and O–H groups in total. The quantitative estimate of drug-likeness (QED) is 0.371. The number of hydrogen-bond donors (Lipinski definition) is 0. The highest BCUT2D eigenvalue weighted by Gasteiger charge is 2.12. The maximum atomic E-state index is 13.6. The number of para-hydroxylation sites is 1. The number of aromatic nitrogens is 3. The molecule has 5 aromatic rings. The van der Waals surface area contributed by atoms with Gasteiger partial charge in [-0.25, -0.2) is 9.07 Å². The molecule has 152 valence electrons. The van der Waals surface area contributed by atoms with Crippen LogP contribution in [0.4, 0.5) is 4.39 Å². The summed E-state index contributed by atoms with van der Waals surface area (Å²) in [5.41, 5.74) is 3.00. The van der Waals surface area contributed by atoms with Crippen molar-refractivity contribution in [2.24, 2.45) is 0 Å². The van der Waals surface area contributed by atoms with Crippen LogP contribution in [0, 0.1) is 5.82 Å². The second-order valence-corrected chi connectivity index (χ2v) is 7.72. The molecule has 0 radical (unpaired) electrons. The van der Waals surface area contributed by atoms with Crippen molar-refractivity contribution in [3.05, 3.63) is 106 Å². The predicted molar refractivity (Wildman–Crippen MR) is 122 cm³/mol. The molecule has 0 saturated carbocycles. The summed E-state index contributed by atoms with van der Waals surface area (Å²) in [6.07, 6.45) is 2.26. The van der Waals surface area contributed by atoms with Crippen molar-refractivity contribution < 1.29 is 4.39 Å². The third-order valence-electron chi connectivity index (χ3n) is 5.35. The molecule has 3 aromatic carbocycles. The Morgan fingerprint density at radius 3 is 2.65 bits per heavy atom. The Hall–Kier alpha value is -3.57. The molecule has 0 saturated heterocycles. The monoisotopic (exact) mass is 429 g/mol. The second kappa shape index (κ2) is 7.93. The minimum atomic E-state index is -0.493. The summed E-state index contributed by atoms with van der Waals surface area (Å²) in [5, 5.41) is 6.70. The van der Waals surface area contributed by atoms with Crippen molar-refractivity contribution in [3.8, 4) is 11.1 Å². The first-order valence-electron chi connectivity index (χ1n) is 9.89. The van der Waals surface area contributed by atoms with Gasteiger partial charge in [-0.05, 0) is 35.4 Å². The molecule has 0 aliphatic rings. The van der Waals surface area contributed by atoms with Crippen LogP contribution >= 0.6 is 11.6 Å². The molecule has 0 aliphatic heterocycles. The van der Waals surface area contributed by atoms with Crippen molar-refractivity contribution in [2.45, 2.75) is 13.0 Å². The first-order chi connectivity index (χ1) is 15.1. The number of rotatable bonds is 4. The summed E-state index contributed by atoms with van der Waals surface area (Å²) < 4.78 is 15.1. The molecule has 0 bridgehead atoms. The topological polar surface area (TPSA) is 47.8 Å². The lowest BCUT2D eigenvalue weighted by Gasteiger charge is -2.10. The molecule has 0 aliphatic carbocycles. The normalized spacial score (nSPS) is 11.3. The molecule has 0 spiro atoms. The zero-order valence-corrected chi connectivity index (χ0v) is 17.2. The molecule has 2 heterocycles. The Morgan fingerprint density at radius 1 is 0.935 bits per heavy atom. The van der Waals surface area contributed by atoms with Crippen molar-refractivity contribution >= 4 is 33.3 Å². The van der Waals surface area contributed by atoms with E-state index < -0.39 is 5.82 Å². The van der Waals surface area contributed by atoms with E-state index >= 15 is 0 Å². The van der Waals surface area contributed by atoms with Crippen LogP contribution in [-0.2, 0) is 13.0 Å². The van der Waals surface area contributed by atoms with Gasteiger partial charge in [0.25, 0.3) is 5.56 Å². The van der Waals surface area contributed by atoms with Gasteiger partial charge in [-0.3, -0.25) is 9.78 Å². The molecule has 0 amide bonds. The van der Waals surface area contributed by atoms with E-state index in [-0.39, 0.29) is 10.6 Å². The minimum absolute atomic E-state index is 0.0197. The van der Waals surface area contributed by atoms with Crippen molar-refractivity contribution in [2.75, 3.05) is 0 Å². The predicted octanol–water partition coefficient (Wildman–Crippen LogP) is 5.65. The molecule has 6 heteroatoms. The standard InChI is InChI=1S/C25H17ClFN3O/c26-21-14-17(9-11-22(21)27)20-6-3-5-18-15-28-30(25(31)24(18)20)13-12-19-10-8-16-4-1-2-7-23(16)29-19/h1-11,14-15H,12-13H2. The molecule has 2 aromatic heterocycles. The minimum Gasteiger partial charge on any atom is -0.267 e. The molecular formula is C25H17ClFN3O. The second-order valence-electron chi connectivity index (χ2n) is 7.32. The molecule has 0 atom stereocenters. The molecule has 0 unspecified atom stereocenters. The van der Waals surface area contributed by atoms with Gasteiger partial charge in [0.1, 0.15) is 5.82 Å². The van der Waals surface area contributed by atoms with Crippen molar-refractivity contribution in [1.82, 2.24) is 14.8 Å². The highest BCUT2D eigenvalue weighted by atomic mass is 35.5. The molecular weight excluding hydrogens is 413 g/mol. The maximum Gasteiger partial charge on any atom is 0.275 e. The van der Waals surface area contributed by atoms with E-state index in [1.54, 1.807) is 12.3 Å². The summed E-state index contributed by atoms with van der Waals surface area (Å²) in [6, 6.07) is 21.9. The number of halogens is 2. The molecule has 31 heavy (non-hydrogen) atoms. The fourth-order valence-electron chi connectivity index (χ4n) is 3.76. The zero-order chi connectivity index (χ0) is 21.4. The number of fused-ring (bicyclic) bond motifs is 2. The smallest absolute Gasteiger partial charge is 0.267 e. The zero-order valence-electron chi connectivity index (χ0n) is 16.4. The van der Waals surface area contributed by atoms with Gasteiger partial charge >= 0.3 is 0 Å². The Balaban J connectivity index is 1.53. The van der Waals surface area contributed by atoms with Gasteiger partial charge in [0.15, 0.2) is 0 Å². The number of benzene rings is 3. The third kappa shape index (κ3) is 3.68. The fraction of sp³-hybridized carbons (Fsp3) is 0.0800. The number of pyridine rings is 1. The van der Waals surface area contributed by atoms with E-state index in [4.69, 9.17) is 11.6 Å². The molecule has 0 fully saturated rings. The molecule has 4 nitrogen and oxygen atoms in total. The van der Waals surface area contributed by atoms with Crippen LogP contribution < -0.4 is 5.56 Å². The Kier molecular flexibility index (Phi) is 4.96. The van der Waals surface area contributed by atoms with Crippen molar-refractivity contribution in [1.29, 1.82) is 0 Å². The van der Waals surface area contributed by atoms with E-state index in [9.17, 15) is 9.18 Å². The Labute approximate surface area is 182 Å².